The Morgan fingerprint density at radius 3 is 2.60 bits per heavy atom. The van der Waals surface area contributed by atoms with E-state index >= 15 is 0 Å². The van der Waals surface area contributed by atoms with Crippen LogP contribution in [0.25, 0.3) is 11.3 Å². The average molecular weight is 335 g/mol. The smallest absolute Gasteiger partial charge is 0.227 e. The molecule has 7 nitrogen and oxygen atoms in total. The first kappa shape index (κ1) is 15.6. The predicted molar refractivity (Wildman–Crippen MR) is 99.0 cm³/mol. The maximum atomic E-state index is 4.61. The molecule has 0 spiro atoms. The zero-order valence-electron chi connectivity index (χ0n) is 14.2. The van der Waals surface area contributed by atoms with E-state index in [2.05, 4.69) is 54.9 Å². The number of piperazine rings is 1. The lowest BCUT2D eigenvalue weighted by Crippen LogP contribution is -2.43. The van der Waals surface area contributed by atoms with Crippen LogP contribution in [0.1, 0.15) is 0 Å². The summed E-state index contributed by atoms with van der Waals surface area (Å²) in [5.41, 5.74) is 4.10. The molecule has 4 rings (SSSR count). The third-order valence-electron chi connectivity index (χ3n) is 4.26. The van der Waals surface area contributed by atoms with Crippen LogP contribution in [-0.2, 0) is 7.05 Å². The minimum Gasteiger partial charge on any atom is -0.369 e. The normalized spacial score (nSPS) is 14.5. The molecule has 128 valence electrons. The third-order valence-corrected chi connectivity index (χ3v) is 4.26. The number of nitrogens with one attached hydrogen (secondary N) is 2. The van der Waals surface area contributed by atoms with Gasteiger partial charge in [0.2, 0.25) is 5.95 Å². The van der Waals surface area contributed by atoms with E-state index in [-0.39, 0.29) is 0 Å². The van der Waals surface area contributed by atoms with E-state index in [9.17, 15) is 0 Å². The van der Waals surface area contributed by atoms with Crippen molar-refractivity contribution in [1.82, 2.24) is 25.1 Å². The van der Waals surface area contributed by atoms with E-state index in [1.165, 1.54) is 5.69 Å². The van der Waals surface area contributed by atoms with Crippen LogP contribution in [0.15, 0.2) is 48.9 Å². The molecule has 1 fully saturated rings. The monoisotopic (exact) mass is 335 g/mol. The molecule has 1 aliphatic rings. The SMILES string of the molecule is Cn1cc(Nc2nccc(-c3ccc(N4CCNCC4)cc3)n2)cn1. The van der Waals surface area contributed by atoms with Crippen molar-refractivity contribution in [2.75, 3.05) is 36.4 Å². The molecule has 1 saturated heterocycles. The van der Waals surface area contributed by atoms with Crippen LogP contribution in [0.3, 0.4) is 0 Å². The minimum absolute atomic E-state index is 0.566. The van der Waals surface area contributed by atoms with Gasteiger partial charge in [-0.25, -0.2) is 9.97 Å². The summed E-state index contributed by atoms with van der Waals surface area (Å²) in [5, 5.41) is 10.7. The first-order valence-electron chi connectivity index (χ1n) is 8.43. The van der Waals surface area contributed by atoms with Crippen LogP contribution >= 0.6 is 0 Å². The second-order valence-electron chi connectivity index (χ2n) is 6.08. The van der Waals surface area contributed by atoms with Gasteiger partial charge in [-0.15, -0.1) is 0 Å². The van der Waals surface area contributed by atoms with Crippen molar-refractivity contribution in [3.63, 3.8) is 0 Å². The largest absolute Gasteiger partial charge is 0.369 e. The second kappa shape index (κ2) is 6.90. The lowest BCUT2D eigenvalue weighted by Gasteiger charge is -2.29. The predicted octanol–water partition coefficient (Wildman–Crippen LogP) is 2.03. The van der Waals surface area contributed by atoms with Crippen molar-refractivity contribution in [2.45, 2.75) is 0 Å². The molecular formula is C18H21N7. The van der Waals surface area contributed by atoms with E-state index in [1.54, 1.807) is 17.1 Å². The van der Waals surface area contributed by atoms with Crippen LogP contribution in [-0.4, -0.2) is 45.9 Å². The van der Waals surface area contributed by atoms with Crippen molar-refractivity contribution >= 4 is 17.3 Å². The highest BCUT2D eigenvalue weighted by Crippen LogP contribution is 2.23. The van der Waals surface area contributed by atoms with Crippen LogP contribution in [0.4, 0.5) is 17.3 Å². The van der Waals surface area contributed by atoms with Gasteiger partial charge in [-0.1, -0.05) is 12.1 Å². The molecule has 1 aliphatic heterocycles. The summed E-state index contributed by atoms with van der Waals surface area (Å²) in [6.07, 6.45) is 5.40. The Kier molecular flexibility index (Phi) is 4.30. The first-order valence-corrected chi connectivity index (χ1v) is 8.43. The summed E-state index contributed by atoms with van der Waals surface area (Å²) in [5.74, 6) is 0.566. The Hall–Kier alpha value is -2.93. The number of aryl methyl sites for hydroxylation is 1. The standard InChI is InChI=1S/C18H21N7/c1-24-13-15(12-21-24)22-18-20-7-6-17(23-18)14-2-4-16(5-3-14)25-10-8-19-9-11-25/h2-7,12-13,19H,8-11H2,1H3,(H,20,22,23). The summed E-state index contributed by atoms with van der Waals surface area (Å²) in [7, 11) is 1.88. The van der Waals surface area contributed by atoms with Gasteiger partial charge in [0.1, 0.15) is 0 Å². The molecule has 3 heterocycles. The average Bonchev–Trinajstić information content (AvgIpc) is 3.07. The summed E-state index contributed by atoms with van der Waals surface area (Å²) in [4.78, 5) is 11.3. The number of hydrogen-bond acceptors (Lipinski definition) is 6. The van der Waals surface area contributed by atoms with Crippen LogP contribution < -0.4 is 15.5 Å². The van der Waals surface area contributed by atoms with Gasteiger partial charge in [0.05, 0.1) is 17.6 Å². The lowest BCUT2D eigenvalue weighted by atomic mass is 10.1. The summed E-state index contributed by atoms with van der Waals surface area (Å²) in [6, 6.07) is 10.5. The zero-order valence-corrected chi connectivity index (χ0v) is 14.2. The fourth-order valence-corrected chi connectivity index (χ4v) is 2.96. The molecule has 1 aromatic carbocycles. The van der Waals surface area contributed by atoms with E-state index in [0.29, 0.717) is 5.95 Å². The van der Waals surface area contributed by atoms with Gasteiger partial charge in [0, 0.05) is 56.9 Å². The maximum absolute atomic E-state index is 4.61. The molecule has 25 heavy (non-hydrogen) atoms. The van der Waals surface area contributed by atoms with E-state index in [1.807, 2.05) is 19.3 Å². The van der Waals surface area contributed by atoms with Gasteiger partial charge in [0.15, 0.2) is 0 Å². The zero-order chi connectivity index (χ0) is 17.1. The Morgan fingerprint density at radius 1 is 1.08 bits per heavy atom. The number of hydrogen-bond donors (Lipinski definition) is 2. The molecule has 0 atom stereocenters. The molecule has 0 radical (unpaired) electrons. The summed E-state index contributed by atoms with van der Waals surface area (Å²) in [6.45, 7) is 4.17. The van der Waals surface area contributed by atoms with E-state index in [0.717, 1.165) is 43.1 Å². The Labute approximate surface area is 146 Å². The molecule has 0 unspecified atom stereocenters. The minimum atomic E-state index is 0.566. The third kappa shape index (κ3) is 3.61. The number of benzene rings is 1. The molecular weight excluding hydrogens is 314 g/mol. The molecule has 7 heteroatoms. The molecule has 3 aromatic rings. The number of rotatable bonds is 4. The van der Waals surface area contributed by atoms with Gasteiger partial charge in [-0.05, 0) is 18.2 Å². The maximum Gasteiger partial charge on any atom is 0.227 e. The Balaban J connectivity index is 1.52. The van der Waals surface area contributed by atoms with Gasteiger partial charge >= 0.3 is 0 Å². The van der Waals surface area contributed by atoms with Crippen LogP contribution in [0.2, 0.25) is 0 Å². The fourth-order valence-electron chi connectivity index (χ4n) is 2.96. The summed E-state index contributed by atoms with van der Waals surface area (Å²) < 4.78 is 1.74. The fraction of sp³-hybridized carbons (Fsp3) is 0.278. The highest BCUT2D eigenvalue weighted by molar-refractivity contribution is 5.64. The Morgan fingerprint density at radius 2 is 1.88 bits per heavy atom. The molecule has 0 bridgehead atoms. The molecule has 0 aliphatic carbocycles. The highest BCUT2D eigenvalue weighted by Gasteiger charge is 2.10. The van der Waals surface area contributed by atoms with Crippen molar-refractivity contribution in [3.8, 4) is 11.3 Å². The second-order valence-corrected chi connectivity index (χ2v) is 6.08. The first-order chi connectivity index (χ1) is 12.3. The topological polar surface area (TPSA) is 70.9 Å². The summed E-state index contributed by atoms with van der Waals surface area (Å²) >= 11 is 0. The number of aromatic nitrogens is 4. The van der Waals surface area contributed by atoms with Gasteiger partial charge in [0.25, 0.3) is 0 Å². The quantitative estimate of drug-likeness (QED) is 0.760. The molecule has 2 N–H and O–H groups in total. The van der Waals surface area contributed by atoms with E-state index < -0.39 is 0 Å². The number of anilines is 3. The van der Waals surface area contributed by atoms with Crippen LogP contribution in [0, 0.1) is 0 Å². The molecule has 0 amide bonds. The van der Waals surface area contributed by atoms with Gasteiger partial charge in [-0.3, -0.25) is 4.68 Å². The lowest BCUT2D eigenvalue weighted by molar-refractivity contribution is 0.589. The van der Waals surface area contributed by atoms with Gasteiger partial charge < -0.3 is 15.5 Å². The van der Waals surface area contributed by atoms with Crippen molar-refractivity contribution in [3.05, 3.63) is 48.9 Å². The van der Waals surface area contributed by atoms with Gasteiger partial charge in [-0.2, -0.15) is 5.10 Å². The van der Waals surface area contributed by atoms with Crippen molar-refractivity contribution in [1.29, 1.82) is 0 Å². The van der Waals surface area contributed by atoms with Crippen molar-refractivity contribution in [2.24, 2.45) is 7.05 Å². The van der Waals surface area contributed by atoms with E-state index in [4.69, 9.17) is 0 Å². The highest BCUT2D eigenvalue weighted by atomic mass is 15.3. The van der Waals surface area contributed by atoms with Crippen molar-refractivity contribution < 1.29 is 0 Å². The molecule has 2 aromatic heterocycles. The van der Waals surface area contributed by atoms with Crippen LogP contribution in [0.5, 0.6) is 0 Å². The Bertz CT molecular complexity index is 835. The molecule has 0 saturated carbocycles. The number of nitrogens with zero attached hydrogens (tertiary/aromatic N) is 5.